The van der Waals surface area contributed by atoms with Gasteiger partial charge in [-0.3, -0.25) is 9.59 Å². The van der Waals surface area contributed by atoms with Gasteiger partial charge in [0.25, 0.3) is 0 Å². The van der Waals surface area contributed by atoms with Crippen molar-refractivity contribution in [3.63, 3.8) is 0 Å². The molecule has 104 valence electrons. The van der Waals surface area contributed by atoms with Crippen molar-refractivity contribution >= 4 is 11.8 Å². The first-order chi connectivity index (χ1) is 9.51. The lowest BCUT2D eigenvalue weighted by Gasteiger charge is -2.21. The molecule has 2 atom stereocenters. The smallest absolute Gasteiger partial charge is 0.240 e. The van der Waals surface area contributed by atoms with Gasteiger partial charge in [-0.2, -0.15) is 5.26 Å². The van der Waals surface area contributed by atoms with Gasteiger partial charge >= 0.3 is 0 Å². The second kappa shape index (κ2) is 5.70. The summed E-state index contributed by atoms with van der Waals surface area (Å²) in [7, 11) is 0. The van der Waals surface area contributed by atoms with Crippen molar-refractivity contribution in [3.8, 4) is 6.07 Å². The number of primary amides is 1. The van der Waals surface area contributed by atoms with Crippen molar-refractivity contribution in [1.29, 1.82) is 5.26 Å². The molecule has 20 heavy (non-hydrogen) atoms. The number of hydrogen-bond donors (Lipinski definition) is 1. The van der Waals surface area contributed by atoms with E-state index in [1.807, 2.05) is 6.07 Å². The Hall–Kier alpha value is -2.42. The normalized spacial score (nSPS) is 21.5. The zero-order valence-corrected chi connectivity index (χ0v) is 10.8. The first kappa shape index (κ1) is 14.0. The molecule has 1 aromatic carbocycles. The van der Waals surface area contributed by atoms with Crippen LogP contribution >= 0.6 is 0 Å². The van der Waals surface area contributed by atoms with Crippen LogP contribution in [-0.4, -0.2) is 35.5 Å². The first-order valence-corrected chi connectivity index (χ1v) is 6.23. The van der Waals surface area contributed by atoms with Crippen molar-refractivity contribution in [2.45, 2.75) is 25.1 Å². The first-order valence-electron chi connectivity index (χ1n) is 6.23. The molecule has 2 rings (SSSR count). The highest BCUT2D eigenvalue weighted by Gasteiger charge is 2.38. The van der Waals surface area contributed by atoms with Gasteiger partial charge in [0.15, 0.2) is 0 Å². The molecule has 1 aliphatic rings. The summed E-state index contributed by atoms with van der Waals surface area (Å²) in [5.74, 6) is -1.02. The molecule has 2 N–H and O–H groups in total. The van der Waals surface area contributed by atoms with Gasteiger partial charge in [-0.15, -0.1) is 0 Å². The molecular weight excluding hydrogens is 261 g/mol. The molecule has 5 nitrogen and oxygen atoms in total. The monoisotopic (exact) mass is 275 g/mol. The van der Waals surface area contributed by atoms with Gasteiger partial charge < -0.3 is 10.6 Å². The number of carbonyl (C=O) groups is 2. The second-order valence-electron chi connectivity index (χ2n) is 4.78. The molecule has 1 saturated heterocycles. The summed E-state index contributed by atoms with van der Waals surface area (Å²) in [6, 6.07) is 7.66. The van der Waals surface area contributed by atoms with Crippen molar-refractivity contribution in [3.05, 3.63) is 35.4 Å². The van der Waals surface area contributed by atoms with E-state index in [2.05, 4.69) is 0 Å². The van der Waals surface area contributed by atoms with E-state index < -0.39 is 18.1 Å². The van der Waals surface area contributed by atoms with E-state index in [1.165, 1.54) is 4.90 Å². The molecule has 0 radical (unpaired) electrons. The van der Waals surface area contributed by atoms with E-state index in [0.29, 0.717) is 11.1 Å². The largest absolute Gasteiger partial charge is 0.368 e. The van der Waals surface area contributed by atoms with Gasteiger partial charge in [-0.25, -0.2) is 4.39 Å². The predicted octanol–water partition coefficient (Wildman–Crippen LogP) is 0.525. The summed E-state index contributed by atoms with van der Waals surface area (Å²) in [6.45, 7) is -0.0945. The van der Waals surface area contributed by atoms with Crippen LogP contribution in [0.3, 0.4) is 0 Å². The highest BCUT2D eigenvalue weighted by molar-refractivity contribution is 5.88. The Labute approximate surface area is 115 Å². The minimum absolute atomic E-state index is 0.0333. The van der Waals surface area contributed by atoms with Crippen LogP contribution in [0, 0.1) is 11.3 Å². The number of carbonyl (C=O) groups excluding carboxylic acids is 2. The number of benzene rings is 1. The van der Waals surface area contributed by atoms with Crippen molar-refractivity contribution in [2.24, 2.45) is 5.73 Å². The molecular formula is C14H14FN3O2. The van der Waals surface area contributed by atoms with Crippen molar-refractivity contribution < 1.29 is 14.0 Å². The lowest BCUT2D eigenvalue weighted by atomic mass is 10.1. The van der Waals surface area contributed by atoms with Gasteiger partial charge in [0, 0.05) is 6.42 Å². The van der Waals surface area contributed by atoms with Gasteiger partial charge in [0.2, 0.25) is 11.8 Å². The van der Waals surface area contributed by atoms with Gasteiger partial charge in [0.1, 0.15) is 12.2 Å². The molecule has 1 aliphatic heterocycles. The fourth-order valence-electron chi connectivity index (χ4n) is 2.30. The second-order valence-corrected chi connectivity index (χ2v) is 4.78. The zero-order chi connectivity index (χ0) is 14.7. The fraction of sp³-hybridized carbons (Fsp3) is 0.357. The van der Waals surface area contributed by atoms with Crippen LogP contribution in [-0.2, 0) is 16.0 Å². The highest BCUT2D eigenvalue weighted by Crippen LogP contribution is 2.21. The maximum Gasteiger partial charge on any atom is 0.240 e. The molecule has 0 unspecified atom stereocenters. The van der Waals surface area contributed by atoms with E-state index in [-0.39, 0.29) is 25.3 Å². The zero-order valence-electron chi connectivity index (χ0n) is 10.8. The SMILES string of the molecule is N#Cc1ccc(CC(=O)N2C[C@H](F)C[C@H]2C(N)=O)cc1. The maximum absolute atomic E-state index is 13.3. The Morgan fingerprint density at radius 3 is 2.60 bits per heavy atom. The van der Waals surface area contributed by atoms with E-state index in [1.54, 1.807) is 24.3 Å². The van der Waals surface area contributed by atoms with Crippen LogP contribution in [0.15, 0.2) is 24.3 Å². The van der Waals surface area contributed by atoms with Crippen molar-refractivity contribution in [2.75, 3.05) is 6.54 Å². The predicted molar refractivity (Wildman–Crippen MR) is 69.1 cm³/mol. The Bertz CT molecular complexity index is 565. The number of alkyl halides is 1. The number of nitriles is 1. The van der Waals surface area contributed by atoms with Crippen LogP contribution in [0.1, 0.15) is 17.5 Å². The molecule has 1 aromatic rings. The topological polar surface area (TPSA) is 87.2 Å². The number of halogens is 1. The van der Waals surface area contributed by atoms with Crippen LogP contribution in [0.2, 0.25) is 0 Å². The lowest BCUT2D eigenvalue weighted by Crippen LogP contribution is -2.44. The number of likely N-dealkylation sites (tertiary alicyclic amines) is 1. The van der Waals surface area contributed by atoms with Crippen LogP contribution < -0.4 is 5.73 Å². The van der Waals surface area contributed by atoms with Gasteiger partial charge in [-0.05, 0) is 17.7 Å². The van der Waals surface area contributed by atoms with E-state index in [0.717, 1.165) is 0 Å². The molecule has 0 aliphatic carbocycles. The average molecular weight is 275 g/mol. The number of hydrogen-bond acceptors (Lipinski definition) is 3. The summed E-state index contributed by atoms with van der Waals surface area (Å²) < 4.78 is 13.3. The third kappa shape index (κ3) is 2.94. The highest BCUT2D eigenvalue weighted by atomic mass is 19.1. The lowest BCUT2D eigenvalue weighted by molar-refractivity contribution is -0.136. The van der Waals surface area contributed by atoms with Crippen LogP contribution in [0.5, 0.6) is 0 Å². The molecule has 1 fully saturated rings. The van der Waals surface area contributed by atoms with Crippen LogP contribution in [0.4, 0.5) is 4.39 Å². The third-order valence-electron chi connectivity index (χ3n) is 3.34. The summed E-state index contributed by atoms with van der Waals surface area (Å²) in [4.78, 5) is 24.5. The standard InChI is InChI=1S/C14H14FN3O2/c15-11-6-12(14(17)20)18(8-11)13(19)5-9-1-3-10(7-16)4-2-9/h1-4,11-12H,5-6,8H2,(H2,17,20)/t11-,12+/m1/s1. The molecule has 2 amide bonds. The minimum Gasteiger partial charge on any atom is -0.368 e. The molecule has 0 bridgehead atoms. The Morgan fingerprint density at radius 1 is 1.40 bits per heavy atom. The van der Waals surface area contributed by atoms with Gasteiger partial charge in [-0.1, -0.05) is 12.1 Å². The number of nitrogens with two attached hydrogens (primary N) is 1. The van der Waals surface area contributed by atoms with E-state index in [4.69, 9.17) is 11.0 Å². The number of nitrogens with zero attached hydrogens (tertiary/aromatic N) is 2. The maximum atomic E-state index is 13.3. The molecule has 1 heterocycles. The molecule has 6 heteroatoms. The quantitative estimate of drug-likeness (QED) is 0.872. The minimum atomic E-state index is -1.21. The Morgan fingerprint density at radius 2 is 2.05 bits per heavy atom. The molecule has 0 spiro atoms. The van der Waals surface area contributed by atoms with E-state index >= 15 is 0 Å². The van der Waals surface area contributed by atoms with E-state index in [9.17, 15) is 14.0 Å². The fourth-order valence-corrected chi connectivity index (χ4v) is 2.30. The Kier molecular flexibility index (Phi) is 3.99. The summed E-state index contributed by atoms with van der Waals surface area (Å²) in [5, 5.41) is 8.69. The van der Waals surface area contributed by atoms with Crippen molar-refractivity contribution in [1.82, 2.24) is 4.90 Å². The summed E-state index contributed by atoms with van der Waals surface area (Å²) in [5.41, 5.74) is 6.39. The number of rotatable bonds is 3. The third-order valence-corrected chi connectivity index (χ3v) is 3.34. The number of amides is 2. The van der Waals surface area contributed by atoms with Crippen LogP contribution in [0.25, 0.3) is 0 Å². The Balaban J connectivity index is 2.07. The average Bonchev–Trinajstić information content (AvgIpc) is 2.82. The molecule has 0 saturated carbocycles. The summed E-state index contributed by atoms with van der Waals surface area (Å²) >= 11 is 0. The molecule has 0 aromatic heterocycles. The van der Waals surface area contributed by atoms with Gasteiger partial charge in [0.05, 0.1) is 24.6 Å². The summed E-state index contributed by atoms with van der Waals surface area (Å²) in [6.07, 6.45) is -1.19.